The molecule has 0 radical (unpaired) electrons. The molecule has 30 aromatic rings. The van der Waals surface area contributed by atoms with E-state index < -0.39 is 0 Å². The lowest BCUT2D eigenvalue weighted by molar-refractivity contribution is 1.13. The Morgan fingerprint density at radius 3 is 0.865 bits per heavy atom. The fraction of sp³-hybridized carbons (Fsp3) is 0. The highest BCUT2D eigenvalue weighted by Gasteiger charge is 2.25. The van der Waals surface area contributed by atoms with Crippen LogP contribution in [0.25, 0.3) is 266 Å². The smallest absolute Gasteiger partial charge is 0.160 e. The molecule has 17 aromatic carbocycles. The van der Waals surface area contributed by atoms with Crippen molar-refractivity contribution in [2.24, 2.45) is 0 Å². The molecule has 0 saturated carbocycles. The first-order valence-electron chi connectivity index (χ1n) is 49.8. The van der Waals surface area contributed by atoms with Gasteiger partial charge in [-0.05, 0) is 258 Å². The molecule has 0 aliphatic carbocycles. The standard InChI is InChI=1S/C50H32N6.C49H31N5.C35H23N3/c1-2-12-37(13-3-1)55-47-18-6-4-14-39(47)41-28-34(22-25-49(41)55)36-29-42-40-15-5-7-19-48(40)56(50(42)53-32-36)38-23-20-33(21-24-38)35-30-45(43-16-8-10-26-51-43)54-46(31-35)44-17-9-11-27-52-44;1-3-13-32(14-4-1)47-40-19-7-10-20-43(40)51-48(52-47)33-23-26-37(27-24-33)54-45-22-12-9-18-39(45)42-30-35(31-50-49(42)54)34-25-28-46-41(29-34)38-17-8-11-21-44(38)53(46)36-15-5-2-6-16-36;1-3-9-26(10-4-1)37-32-14-8-7-13-28(32)30-21-24(15-17-33(30)37)25-16-18-34-31(22-25)29-19-20-36-23-35(29)38(34)27-11-5-2-6-12-27/h1-32H;1-31H;1-23H. The van der Waals surface area contributed by atoms with E-state index in [4.69, 9.17) is 24.9 Å². The molecule has 0 aliphatic heterocycles. The quantitative estimate of drug-likeness (QED) is 0.105. The Balaban J connectivity index is 0.000000109. The Labute approximate surface area is 849 Å². The third-order valence-electron chi connectivity index (χ3n) is 28.8. The minimum absolute atomic E-state index is 0.702. The molecule has 0 bridgehead atoms. The number of fused-ring (bicyclic) bond motifs is 19. The van der Waals surface area contributed by atoms with Gasteiger partial charge in [-0.25, -0.2) is 24.9 Å². The van der Waals surface area contributed by atoms with Crippen LogP contribution in [0.5, 0.6) is 0 Å². The average molecular weight is 1890 g/mol. The van der Waals surface area contributed by atoms with E-state index in [0.29, 0.717) is 5.82 Å². The fourth-order valence-electron chi connectivity index (χ4n) is 22.0. The van der Waals surface area contributed by atoms with Crippen LogP contribution < -0.4 is 0 Å². The van der Waals surface area contributed by atoms with Gasteiger partial charge < -0.3 is 18.3 Å². The van der Waals surface area contributed by atoms with Gasteiger partial charge in [0.1, 0.15) is 11.3 Å². The zero-order chi connectivity index (χ0) is 97.6. The van der Waals surface area contributed by atoms with Gasteiger partial charge in [-0.1, -0.05) is 261 Å². The van der Waals surface area contributed by atoms with Crippen LogP contribution in [0.1, 0.15) is 0 Å². The number of pyridine rings is 6. The lowest BCUT2D eigenvalue weighted by Crippen LogP contribution is -1.97. The molecular weight excluding hydrogens is 1810 g/mol. The molecule has 0 saturated heterocycles. The largest absolute Gasteiger partial charge is 0.309 e. The van der Waals surface area contributed by atoms with Crippen molar-refractivity contribution >= 4 is 142 Å². The van der Waals surface area contributed by atoms with E-state index in [0.717, 1.165) is 162 Å². The van der Waals surface area contributed by atoms with Gasteiger partial charge in [0.15, 0.2) is 5.82 Å². The van der Waals surface area contributed by atoms with Gasteiger partial charge in [-0.3, -0.25) is 24.1 Å². The lowest BCUT2D eigenvalue weighted by Gasteiger charge is -2.11. The van der Waals surface area contributed by atoms with E-state index in [9.17, 15) is 0 Å². The van der Waals surface area contributed by atoms with Gasteiger partial charge in [0.25, 0.3) is 0 Å². The molecule has 14 heteroatoms. The molecule has 0 N–H and O–H groups in total. The Bertz CT molecular complexity index is 10200. The number of para-hydroxylation sites is 10. The Morgan fingerprint density at radius 1 is 0.149 bits per heavy atom. The zero-order valence-corrected chi connectivity index (χ0v) is 79.9. The summed E-state index contributed by atoms with van der Waals surface area (Å²) in [5, 5.41) is 15.5. The third-order valence-corrected chi connectivity index (χ3v) is 28.8. The lowest BCUT2D eigenvalue weighted by atomic mass is 10.0. The van der Waals surface area contributed by atoms with Gasteiger partial charge >= 0.3 is 0 Å². The van der Waals surface area contributed by atoms with Crippen molar-refractivity contribution in [1.29, 1.82) is 0 Å². The summed E-state index contributed by atoms with van der Waals surface area (Å²) in [5.41, 5.74) is 36.4. The Kier molecular flexibility index (Phi) is 20.9. The van der Waals surface area contributed by atoms with Gasteiger partial charge in [-0.2, -0.15) is 0 Å². The molecule has 148 heavy (non-hydrogen) atoms. The first kappa shape index (κ1) is 85.7. The van der Waals surface area contributed by atoms with Gasteiger partial charge in [-0.15, -0.1) is 0 Å². The molecule has 0 atom stereocenters. The van der Waals surface area contributed by atoms with E-state index in [2.05, 4.69) is 461 Å². The molecule has 13 aromatic heterocycles. The predicted octanol–water partition coefficient (Wildman–Crippen LogP) is 33.3. The molecule has 0 spiro atoms. The minimum Gasteiger partial charge on any atom is -0.309 e. The van der Waals surface area contributed by atoms with E-state index in [1.807, 2.05) is 91.5 Å². The van der Waals surface area contributed by atoms with E-state index in [-0.39, 0.29) is 0 Å². The maximum Gasteiger partial charge on any atom is 0.160 e. The summed E-state index contributed by atoms with van der Waals surface area (Å²) in [6.07, 6.45) is 11.5. The van der Waals surface area contributed by atoms with Crippen LogP contribution in [0.2, 0.25) is 0 Å². The summed E-state index contributed by atoms with van der Waals surface area (Å²) < 4.78 is 13.9. The number of hydrogen-bond acceptors (Lipinski definition) is 8. The first-order valence-corrected chi connectivity index (χ1v) is 49.8. The molecule has 0 aliphatic rings. The summed E-state index contributed by atoms with van der Waals surface area (Å²) in [4.78, 5) is 39.0. The molecule has 30 rings (SSSR count). The third kappa shape index (κ3) is 14.9. The molecule has 13 heterocycles. The molecule has 0 amide bonds. The maximum absolute atomic E-state index is 5.17. The normalized spacial score (nSPS) is 11.6. The average Bonchev–Trinajstić information content (AvgIpc) is 1.59. The molecule has 0 fully saturated rings. The number of aromatic nitrogens is 14. The van der Waals surface area contributed by atoms with Gasteiger partial charge in [0.2, 0.25) is 0 Å². The van der Waals surface area contributed by atoms with Crippen LogP contribution in [0, 0.1) is 0 Å². The second-order valence-electron chi connectivity index (χ2n) is 37.4. The minimum atomic E-state index is 0.702. The van der Waals surface area contributed by atoms with Crippen molar-refractivity contribution in [3.63, 3.8) is 0 Å². The van der Waals surface area contributed by atoms with E-state index in [1.54, 1.807) is 12.4 Å². The summed E-state index contributed by atoms with van der Waals surface area (Å²) in [6.45, 7) is 0. The van der Waals surface area contributed by atoms with Crippen molar-refractivity contribution < 1.29 is 0 Å². The van der Waals surface area contributed by atoms with E-state index in [1.165, 1.54) is 98.5 Å². The van der Waals surface area contributed by atoms with Crippen LogP contribution in [0.4, 0.5) is 0 Å². The topological polar surface area (TPSA) is 133 Å². The fourth-order valence-corrected chi connectivity index (χ4v) is 22.0. The SMILES string of the molecule is c1ccc(-c2nc(-c3ccc(-n4c5ccccc5c5cc(-c6ccc7c(c6)c6ccccc6n7-c6ccccc6)cnc54)cc3)nc3ccccc23)cc1.c1ccc(-n2c3ccccc3c3cc(-c4ccc5c(c4)c4ccncc4n5-c4ccccc4)ccc32)cc1.c1ccc(-n2c3ccccc3c3cc(-c4cnc5c(c4)c4ccccc4n5-c4ccc(-c5cc(-c6ccccn6)nc(-c6ccccn6)c5)cc4)ccc32)cc1. The Hall–Kier alpha value is -20.2. The number of hydrogen-bond donors (Lipinski definition) is 0. The molecule has 692 valence electrons. The number of rotatable bonds is 14. The van der Waals surface area contributed by atoms with Crippen LogP contribution in [-0.2, 0) is 0 Å². The van der Waals surface area contributed by atoms with Crippen LogP contribution in [-0.4, -0.2) is 67.3 Å². The highest BCUT2D eigenvalue weighted by Crippen LogP contribution is 2.45. The summed E-state index contributed by atoms with van der Waals surface area (Å²) in [7, 11) is 0. The zero-order valence-electron chi connectivity index (χ0n) is 79.9. The number of nitrogens with zero attached hydrogens (tertiary/aromatic N) is 14. The summed E-state index contributed by atoms with van der Waals surface area (Å²) >= 11 is 0. The highest BCUT2D eigenvalue weighted by molar-refractivity contribution is 6.17. The highest BCUT2D eigenvalue weighted by atomic mass is 15.1. The van der Waals surface area contributed by atoms with Crippen molar-refractivity contribution in [2.45, 2.75) is 0 Å². The predicted molar refractivity (Wildman–Crippen MR) is 609 cm³/mol. The van der Waals surface area contributed by atoms with Crippen molar-refractivity contribution in [2.75, 3.05) is 0 Å². The van der Waals surface area contributed by atoms with Crippen LogP contribution >= 0.6 is 0 Å². The summed E-state index contributed by atoms with van der Waals surface area (Å²) in [6, 6.07) is 171. The van der Waals surface area contributed by atoms with Gasteiger partial charge in [0, 0.05) is 157 Å². The monoisotopic (exact) mass is 1890 g/mol. The van der Waals surface area contributed by atoms with Crippen molar-refractivity contribution in [3.8, 4) is 124 Å². The van der Waals surface area contributed by atoms with Gasteiger partial charge in [0.05, 0.1) is 95.4 Å². The molecule has 0 unspecified atom stereocenters. The molecule has 14 nitrogen and oxygen atoms in total. The maximum atomic E-state index is 5.17. The van der Waals surface area contributed by atoms with E-state index >= 15 is 0 Å². The number of benzene rings is 17. The Morgan fingerprint density at radius 2 is 0.459 bits per heavy atom. The van der Waals surface area contributed by atoms with Crippen molar-refractivity contribution in [3.05, 3.63) is 522 Å². The van der Waals surface area contributed by atoms with Crippen LogP contribution in [0.3, 0.4) is 0 Å². The van der Waals surface area contributed by atoms with Crippen molar-refractivity contribution in [1.82, 2.24) is 67.3 Å². The van der Waals surface area contributed by atoms with Crippen LogP contribution in [0.15, 0.2) is 522 Å². The second-order valence-corrected chi connectivity index (χ2v) is 37.4. The molecular formula is C134H86N14. The first-order chi connectivity index (χ1) is 73.4. The second kappa shape index (κ2) is 36.1. The summed E-state index contributed by atoms with van der Waals surface area (Å²) in [5.74, 6) is 0.702.